The smallest absolute Gasteiger partial charge is 0.0419 e. The molecule has 0 bridgehead atoms. The van der Waals surface area contributed by atoms with Crippen LogP contribution in [0.4, 0.5) is 0 Å². The minimum absolute atomic E-state index is 0.271. The third kappa shape index (κ3) is 4.00. The molecule has 1 aromatic rings. The van der Waals surface area contributed by atoms with Gasteiger partial charge in [-0.15, -0.1) is 0 Å². The summed E-state index contributed by atoms with van der Waals surface area (Å²) < 4.78 is 0. The summed E-state index contributed by atoms with van der Waals surface area (Å²) in [5.74, 6) is 0. The van der Waals surface area contributed by atoms with Crippen molar-refractivity contribution >= 4 is 0 Å². The maximum absolute atomic E-state index is 4.37. The molecule has 1 unspecified atom stereocenters. The maximum Gasteiger partial charge on any atom is 0.0419 e. The van der Waals surface area contributed by atoms with Gasteiger partial charge in [0.15, 0.2) is 0 Å². The number of nitrogens with zero attached hydrogens (tertiary/aromatic N) is 1. The second-order valence-electron chi connectivity index (χ2n) is 5.00. The van der Waals surface area contributed by atoms with Gasteiger partial charge in [0.05, 0.1) is 0 Å². The van der Waals surface area contributed by atoms with Gasteiger partial charge in [-0.1, -0.05) is 33.8 Å². The molecule has 1 heterocycles. The number of nitrogens with one attached hydrogen (secondary N) is 1. The van der Waals surface area contributed by atoms with Gasteiger partial charge >= 0.3 is 0 Å². The van der Waals surface area contributed by atoms with E-state index < -0.39 is 0 Å². The lowest BCUT2D eigenvalue weighted by molar-refractivity contribution is 0.268. The van der Waals surface area contributed by atoms with Crippen molar-refractivity contribution in [2.75, 3.05) is 6.54 Å². The first-order valence-corrected chi connectivity index (χ1v) is 5.67. The maximum atomic E-state index is 4.37. The predicted molar refractivity (Wildman–Crippen MR) is 64.9 cm³/mol. The first-order chi connectivity index (χ1) is 7.04. The lowest BCUT2D eigenvalue weighted by Crippen LogP contribution is -2.42. The number of pyridine rings is 1. The van der Waals surface area contributed by atoms with Crippen LogP contribution in [-0.2, 0) is 6.42 Å². The standard InChI is InChI=1S/C13H22N2/c1-5-14-12(13(2,3)4)10-11-8-6-7-9-15-11/h6-9,12,14H,5,10H2,1-4H3. The Morgan fingerprint density at radius 1 is 1.33 bits per heavy atom. The Hall–Kier alpha value is -0.890. The third-order valence-corrected chi connectivity index (χ3v) is 2.64. The average molecular weight is 206 g/mol. The van der Waals surface area contributed by atoms with Crippen molar-refractivity contribution in [2.45, 2.75) is 40.2 Å². The Morgan fingerprint density at radius 3 is 2.53 bits per heavy atom. The van der Waals surface area contributed by atoms with Crippen molar-refractivity contribution in [3.8, 4) is 0 Å². The van der Waals surface area contributed by atoms with E-state index in [0.717, 1.165) is 13.0 Å². The van der Waals surface area contributed by atoms with Gasteiger partial charge in [-0.25, -0.2) is 0 Å². The van der Waals surface area contributed by atoms with Gasteiger partial charge in [0, 0.05) is 24.4 Å². The summed E-state index contributed by atoms with van der Waals surface area (Å²) in [7, 11) is 0. The van der Waals surface area contributed by atoms with Gasteiger partial charge in [0.25, 0.3) is 0 Å². The van der Waals surface area contributed by atoms with Gasteiger partial charge in [-0.3, -0.25) is 4.98 Å². The van der Waals surface area contributed by atoms with E-state index in [2.05, 4.69) is 44.1 Å². The van der Waals surface area contributed by atoms with Crippen LogP contribution in [0.15, 0.2) is 24.4 Å². The highest BCUT2D eigenvalue weighted by Gasteiger charge is 2.23. The average Bonchev–Trinajstić information content (AvgIpc) is 2.17. The lowest BCUT2D eigenvalue weighted by atomic mass is 9.84. The number of hydrogen-bond donors (Lipinski definition) is 1. The van der Waals surface area contributed by atoms with E-state index in [9.17, 15) is 0 Å². The Kier molecular flexibility index (Phi) is 4.28. The summed E-state index contributed by atoms with van der Waals surface area (Å²) in [6.07, 6.45) is 2.86. The van der Waals surface area contributed by atoms with E-state index in [0.29, 0.717) is 6.04 Å². The molecule has 0 amide bonds. The molecule has 0 aliphatic rings. The normalized spacial score (nSPS) is 13.9. The number of likely N-dealkylation sites (N-methyl/N-ethyl adjacent to an activating group) is 1. The minimum Gasteiger partial charge on any atom is -0.313 e. The van der Waals surface area contributed by atoms with Crippen LogP contribution in [0, 0.1) is 5.41 Å². The fraction of sp³-hybridized carbons (Fsp3) is 0.615. The Balaban J connectivity index is 2.67. The molecule has 1 rings (SSSR count). The summed E-state index contributed by atoms with van der Waals surface area (Å²) >= 11 is 0. The Bertz CT molecular complexity index is 274. The quantitative estimate of drug-likeness (QED) is 0.819. The molecule has 1 aromatic heterocycles. The van der Waals surface area contributed by atoms with Crippen molar-refractivity contribution in [2.24, 2.45) is 5.41 Å². The topological polar surface area (TPSA) is 24.9 Å². The van der Waals surface area contributed by atoms with Crippen LogP contribution in [0.2, 0.25) is 0 Å². The molecule has 1 atom stereocenters. The molecule has 0 saturated heterocycles. The summed E-state index contributed by atoms with van der Waals surface area (Å²) in [5, 5.41) is 3.53. The van der Waals surface area contributed by atoms with Crippen LogP contribution < -0.4 is 5.32 Å². The Morgan fingerprint density at radius 2 is 2.07 bits per heavy atom. The van der Waals surface area contributed by atoms with Crippen LogP contribution in [-0.4, -0.2) is 17.6 Å². The summed E-state index contributed by atoms with van der Waals surface area (Å²) in [5.41, 5.74) is 1.44. The van der Waals surface area contributed by atoms with Crippen LogP contribution >= 0.6 is 0 Å². The van der Waals surface area contributed by atoms with Crippen LogP contribution in [0.1, 0.15) is 33.4 Å². The minimum atomic E-state index is 0.271. The second-order valence-corrected chi connectivity index (χ2v) is 5.00. The van der Waals surface area contributed by atoms with E-state index in [1.807, 2.05) is 18.3 Å². The highest BCUT2D eigenvalue weighted by atomic mass is 14.9. The van der Waals surface area contributed by atoms with Crippen molar-refractivity contribution in [1.82, 2.24) is 10.3 Å². The first-order valence-electron chi connectivity index (χ1n) is 5.67. The van der Waals surface area contributed by atoms with Crippen molar-refractivity contribution in [1.29, 1.82) is 0 Å². The number of hydrogen-bond acceptors (Lipinski definition) is 2. The molecular weight excluding hydrogens is 184 g/mol. The monoisotopic (exact) mass is 206 g/mol. The van der Waals surface area contributed by atoms with Crippen molar-refractivity contribution in [3.05, 3.63) is 30.1 Å². The molecule has 0 aromatic carbocycles. The molecule has 2 nitrogen and oxygen atoms in total. The number of rotatable bonds is 4. The first kappa shape index (κ1) is 12.2. The van der Waals surface area contributed by atoms with Gasteiger partial charge in [0.2, 0.25) is 0 Å². The summed E-state index contributed by atoms with van der Waals surface area (Å²) in [6, 6.07) is 6.59. The lowest BCUT2D eigenvalue weighted by Gasteiger charge is -2.31. The molecule has 0 spiro atoms. The largest absolute Gasteiger partial charge is 0.313 e. The molecular formula is C13H22N2. The highest BCUT2D eigenvalue weighted by Crippen LogP contribution is 2.21. The molecule has 0 fully saturated rings. The molecule has 0 aliphatic carbocycles. The van der Waals surface area contributed by atoms with Gasteiger partial charge < -0.3 is 5.32 Å². The summed E-state index contributed by atoms with van der Waals surface area (Å²) in [6.45, 7) is 9.96. The molecule has 0 radical (unpaired) electrons. The van der Waals surface area contributed by atoms with Crippen molar-refractivity contribution < 1.29 is 0 Å². The molecule has 1 N–H and O–H groups in total. The fourth-order valence-electron chi connectivity index (χ4n) is 1.66. The van der Waals surface area contributed by atoms with Crippen molar-refractivity contribution in [3.63, 3.8) is 0 Å². The van der Waals surface area contributed by atoms with Gasteiger partial charge in [0.1, 0.15) is 0 Å². The summed E-state index contributed by atoms with van der Waals surface area (Å²) in [4.78, 5) is 4.37. The molecule has 15 heavy (non-hydrogen) atoms. The SMILES string of the molecule is CCNC(Cc1ccccn1)C(C)(C)C. The van der Waals surface area contributed by atoms with E-state index in [1.54, 1.807) is 0 Å². The zero-order valence-electron chi connectivity index (χ0n) is 10.2. The Labute approximate surface area is 93.1 Å². The molecule has 0 saturated carbocycles. The molecule has 0 aliphatic heterocycles. The van der Waals surface area contributed by atoms with E-state index in [-0.39, 0.29) is 5.41 Å². The van der Waals surface area contributed by atoms with Crippen LogP contribution in [0.25, 0.3) is 0 Å². The van der Waals surface area contributed by atoms with E-state index in [4.69, 9.17) is 0 Å². The van der Waals surface area contributed by atoms with Gasteiger partial charge in [-0.05, 0) is 24.1 Å². The van der Waals surface area contributed by atoms with E-state index in [1.165, 1.54) is 5.69 Å². The predicted octanol–water partition coefficient (Wildman–Crippen LogP) is 2.65. The van der Waals surface area contributed by atoms with Crippen LogP contribution in [0.5, 0.6) is 0 Å². The van der Waals surface area contributed by atoms with Gasteiger partial charge in [-0.2, -0.15) is 0 Å². The number of aromatic nitrogens is 1. The highest BCUT2D eigenvalue weighted by molar-refractivity contribution is 5.06. The second kappa shape index (κ2) is 5.26. The van der Waals surface area contributed by atoms with Crippen LogP contribution in [0.3, 0.4) is 0 Å². The fourth-order valence-corrected chi connectivity index (χ4v) is 1.66. The molecule has 2 heteroatoms. The zero-order chi connectivity index (χ0) is 11.3. The zero-order valence-corrected chi connectivity index (χ0v) is 10.2. The molecule has 84 valence electrons. The third-order valence-electron chi connectivity index (χ3n) is 2.64. The van der Waals surface area contributed by atoms with E-state index >= 15 is 0 Å².